The van der Waals surface area contributed by atoms with Crippen LogP contribution in [0.4, 0.5) is 0 Å². The smallest absolute Gasteiger partial charge is 0.326 e. The summed E-state index contributed by atoms with van der Waals surface area (Å²) in [4.78, 5) is 123. The van der Waals surface area contributed by atoms with E-state index in [4.69, 9.17) is 5.73 Å². The van der Waals surface area contributed by atoms with Gasteiger partial charge in [-0.05, 0) is 77.6 Å². The number of carboxylic acids is 1. The van der Waals surface area contributed by atoms with Crippen LogP contribution in [0.3, 0.4) is 0 Å². The highest BCUT2D eigenvalue weighted by Gasteiger charge is 2.44. The second kappa shape index (κ2) is 22.8. The van der Waals surface area contributed by atoms with E-state index in [1.54, 1.807) is 20.8 Å². The van der Waals surface area contributed by atoms with Crippen LogP contribution in [0, 0.1) is 11.8 Å². The van der Waals surface area contributed by atoms with Crippen molar-refractivity contribution in [2.45, 2.75) is 160 Å². The Morgan fingerprint density at radius 1 is 0.623 bits per heavy atom. The molecular weight excluding hydrogens is 798 g/mol. The lowest BCUT2D eigenvalue weighted by atomic mass is 9.97. The van der Waals surface area contributed by atoms with Crippen LogP contribution in [0.2, 0.25) is 0 Å². The zero-order chi connectivity index (χ0) is 45.9. The average Bonchev–Trinajstić information content (AvgIpc) is 4.01. The van der Waals surface area contributed by atoms with Crippen LogP contribution < -0.4 is 32.3 Å². The molecule has 0 aromatic carbocycles. The van der Waals surface area contributed by atoms with Gasteiger partial charge < -0.3 is 62.3 Å². The van der Waals surface area contributed by atoms with Gasteiger partial charge in [0.25, 0.3) is 0 Å². The van der Waals surface area contributed by atoms with Gasteiger partial charge in [-0.15, -0.1) is 0 Å². The number of likely N-dealkylation sites (tertiary alicyclic amines) is 3. The van der Waals surface area contributed by atoms with E-state index in [-0.39, 0.29) is 50.7 Å². The molecule has 344 valence electrons. The maximum atomic E-state index is 13.9. The van der Waals surface area contributed by atoms with Crippen molar-refractivity contribution in [3.8, 4) is 0 Å². The molecule has 3 fully saturated rings. The Balaban J connectivity index is 1.71. The van der Waals surface area contributed by atoms with Crippen LogP contribution in [-0.4, -0.2) is 170 Å². The maximum absolute atomic E-state index is 13.9. The van der Waals surface area contributed by atoms with Crippen molar-refractivity contribution in [3.05, 3.63) is 0 Å². The molecule has 0 aromatic rings. The number of carbonyl (C=O) groups excluding carboxylic acids is 8. The zero-order valence-electron chi connectivity index (χ0n) is 36.3. The number of aliphatic carboxylic acids is 1. The van der Waals surface area contributed by atoms with E-state index in [9.17, 15) is 58.5 Å². The van der Waals surface area contributed by atoms with Gasteiger partial charge in [0.2, 0.25) is 47.3 Å². The molecule has 21 nitrogen and oxygen atoms in total. The molecule has 3 aliphatic heterocycles. The van der Waals surface area contributed by atoms with E-state index in [1.807, 2.05) is 6.92 Å². The number of carboxylic acid groups (broad SMARTS) is 1. The quantitative estimate of drug-likeness (QED) is 0.0603. The van der Waals surface area contributed by atoms with E-state index in [0.717, 1.165) is 0 Å². The Kier molecular flexibility index (Phi) is 18.9. The Hall–Kier alpha value is -4.89. The Labute approximate surface area is 356 Å². The third-order valence-electron chi connectivity index (χ3n) is 11.6. The number of hydrogen-bond donors (Lipinski definition) is 9. The van der Waals surface area contributed by atoms with Crippen molar-refractivity contribution >= 4 is 53.2 Å². The van der Waals surface area contributed by atoms with Crippen molar-refractivity contribution in [2.24, 2.45) is 17.6 Å². The van der Waals surface area contributed by atoms with Crippen LogP contribution in [0.25, 0.3) is 0 Å². The van der Waals surface area contributed by atoms with Gasteiger partial charge in [-0.1, -0.05) is 34.1 Å². The van der Waals surface area contributed by atoms with Crippen molar-refractivity contribution in [1.29, 1.82) is 0 Å². The minimum absolute atomic E-state index is 0.0961. The van der Waals surface area contributed by atoms with Crippen LogP contribution in [0.5, 0.6) is 0 Å². The van der Waals surface area contributed by atoms with Crippen molar-refractivity contribution in [3.63, 3.8) is 0 Å². The molecule has 0 aliphatic carbocycles. The predicted molar refractivity (Wildman–Crippen MR) is 218 cm³/mol. The number of nitrogens with one attached hydrogen (secondary N) is 5. The number of nitrogens with two attached hydrogens (primary N) is 1. The van der Waals surface area contributed by atoms with Gasteiger partial charge in [-0.3, -0.25) is 38.4 Å². The summed E-state index contributed by atoms with van der Waals surface area (Å²) in [6, 6.07) is -10.4. The molecule has 0 aromatic heterocycles. The molecule has 0 bridgehead atoms. The van der Waals surface area contributed by atoms with Crippen LogP contribution in [-0.2, 0) is 43.2 Å². The summed E-state index contributed by atoms with van der Waals surface area (Å²) in [5.74, 6) is -7.17. The fraction of sp³-hybridized carbons (Fsp3) is 0.775. The van der Waals surface area contributed by atoms with Crippen LogP contribution in [0.1, 0.15) is 99.8 Å². The molecule has 61 heavy (non-hydrogen) atoms. The second-order valence-electron chi connectivity index (χ2n) is 17.0. The van der Waals surface area contributed by atoms with Crippen molar-refractivity contribution < 1.29 is 58.5 Å². The highest BCUT2D eigenvalue weighted by atomic mass is 16.4. The summed E-state index contributed by atoms with van der Waals surface area (Å²) < 4.78 is 0. The van der Waals surface area contributed by atoms with E-state index in [1.165, 1.54) is 35.5 Å². The largest absolute Gasteiger partial charge is 0.480 e. The molecule has 0 saturated carbocycles. The lowest BCUT2D eigenvalue weighted by Crippen LogP contribution is -2.62. The number of amides is 8. The summed E-state index contributed by atoms with van der Waals surface area (Å²) in [6.45, 7) is 11.0. The lowest BCUT2D eigenvalue weighted by Gasteiger charge is -2.33. The first-order valence-corrected chi connectivity index (χ1v) is 21.3. The molecule has 3 rings (SSSR count). The Morgan fingerprint density at radius 3 is 1.59 bits per heavy atom. The number of aliphatic hydroxyl groups is 2. The minimum atomic E-state index is -1.54. The minimum Gasteiger partial charge on any atom is -0.480 e. The SMILES string of the molecule is CC[C@H](C)[C@H](NC(=O)[C@H](C)N)C(=O)N[C@@H](CO)C(=O)N1CCC[C@H]1C(=O)N[C@@H](CC(C)C)C(=O)N[C@H](C(=O)N1CCC[C@H]1C(=O)N[C@@H](C)C(=O)N1CCC[C@H]1C(=O)O)[C@@H](C)O. The molecule has 10 N–H and O–H groups in total. The number of nitrogens with zero attached hydrogens (tertiary/aromatic N) is 3. The standard InChI is InChI=1S/C40H67N9O12/c1-8-21(4)30(45-32(52)22(5)41)36(56)44-26(19-50)38(58)47-15-9-13-28(47)35(55)43-25(18-20(2)3)33(53)46-31(24(7)51)39(59)48-16-10-12-27(48)34(54)42-23(6)37(57)49-17-11-14-29(49)40(60)61/h20-31,50-51H,8-19,41H2,1-7H3,(H,42,54)(H,43,55)(H,44,56)(H,45,52)(H,46,53)(H,60,61)/t21-,22-,23-,24+,25-,26-,27-,28-,29-,30-,31-/m0/s1. The first kappa shape index (κ1) is 50.5. The normalized spacial score (nSPS) is 22.9. The predicted octanol–water partition coefficient (Wildman–Crippen LogP) is -2.70. The summed E-state index contributed by atoms with van der Waals surface area (Å²) in [7, 11) is 0. The molecule has 3 saturated heterocycles. The average molecular weight is 866 g/mol. The number of hydrogen-bond acceptors (Lipinski definition) is 12. The van der Waals surface area contributed by atoms with E-state index in [0.29, 0.717) is 32.1 Å². The molecule has 0 unspecified atom stereocenters. The fourth-order valence-electron chi connectivity index (χ4n) is 7.94. The molecule has 0 radical (unpaired) electrons. The monoisotopic (exact) mass is 865 g/mol. The molecule has 11 atom stereocenters. The lowest BCUT2D eigenvalue weighted by molar-refractivity contribution is -0.149. The van der Waals surface area contributed by atoms with Gasteiger partial charge in [-0.2, -0.15) is 0 Å². The number of carbonyl (C=O) groups is 9. The molecule has 21 heteroatoms. The molecule has 8 amide bonds. The van der Waals surface area contributed by atoms with Gasteiger partial charge >= 0.3 is 5.97 Å². The third kappa shape index (κ3) is 13.1. The van der Waals surface area contributed by atoms with Gasteiger partial charge in [0.1, 0.15) is 48.3 Å². The summed E-state index contributed by atoms with van der Waals surface area (Å²) in [5.41, 5.74) is 5.67. The zero-order valence-corrected chi connectivity index (χ0v) is 36.3. The molecule has 0 spiro atoms. The summed E-state index contributed by atoms with van der Waals surface area (Å²) >= 11 is 0. The van der Waals surface area contributed by atoms with Gasteiger partial charge in [0.05, 0.1) is 18.8 Å². The number of aliphatic hydroxyl groups excluding tert-OH is 2. The topological polar surface area (TPSA) is 310 Å². The first-order chi connectivity index (χ1) is 28.6. The van der Waals surface area contributed by atoms with Crippen LogP contribution >= 0.6 is 0 Å². The summed E-state index contributed by atoms with van der Waals surface area (Å²) in [5, 5.41) is 43.4. The second-order valence-corrected chi connectivity index (χ2v) is 17.0. The number of rotatable bonds is 20. The van der Waals surface area contributed by atoms with Crippen molar-refractivity contribution in [1.82, 2.24) is 41.3 Å². The molecule has 3 aliphatic rings. The first-order valence-electron chi connectivity index (χ1n) is 21.3. The van der Waals surface area contributed by atoms with E-state index in [2.05, 4.69) is 26.6 Å². The highest BCUT2D eigenvalue weighted by Crippen LogP contribution is 2.23. The molecule has 3 heterocycles. The third-order valence-corrected chi connectivity index (χ3v) is 11.6. The van der Waals surface area contributed by atoms with Gasteiger partial charge in [0, 0.05) is 19.6 Å². The van der Waals surface area contributed by atoms with Crippen LogP contribution in [0.15, 0.2) is 0 Å². The fourth-order valence-corrected chi connectivity index (χ4v) is 7.94. The van der Waals surface area contributed by atoms with Gasteiger partial charge in [-0.25, -0.2) is 4.79 Å². The Bertz CT molecular complexity index is 1630. The highest BCUT2D eigenvalue weighted by molar-refractivity contribution is 5.98. The van der Waals surface area contributed by atoms with Crippen molar-refractivity contribution in [2.75, 3.05) is 26.2 Å². The molecular formula is C40H67N9O12. The Morgan fingerprint density at radius 2 is 1.11 bits per heavy atom. The van der Waals surface area contributed by atoms with Gasteiger partial charge in [0.15, 0.2) is 0 Å². The van der Waals surface area contributed by atoms with E-state index >= 15 is 0 Å². The maximum Gasteiger partial charge on any atom is 0.326 e. The van der Waals surface area contributed by atoms with E-state index < -0.39 is 120 Å². The summed E-state index contributed by atoms with van der Waals surface area (Å²) in [6.07, 6.45) is 1.19.